The van der Waals surface area contributed by atoms with Gasteiger partial charge in [0.25, 0.3) is 0 Å². The van der Waals surface area contributed by atoms with E-state index in [1.807, 2.05) is 30.3 Å². The lowest BCUT2D eigenvalue weighted by Gasteiger charge is -2.56. The third-order valence-electron chi connectivity index (χ3n) is 6.75. The molecule has 3 rings (SSSR count). The van der Waals surface area contributed by atoms with Crippen LogP contribution in [-0.4, -0.2) is 71.2 Å². The zero-order chi connectivity index (χ0) is 24.8. The standard InChI is InChI=1S/C26H36O8/c1-25(30-5)26(2,31-6)34-24-21(14-11-19(17-28-3)23(24)33-25)22(8-7-15-27)32-16-18-9-12-20(29-4)13-10-18/h7-15,19,21-24H,16-17H2,1-6H3/b8-7-/t19-,21-,22-,23+,24+,25-,26-/m0/s1. The highest BCUT2D eigenvalue weighted by molar-refractivity contribution is 5.64. The molecule has 1 fully saturated rings. The molecule has 1 saturated heterocycles. The van der Waals surface area contributed by atoms with E-state index < -0.39 is 23.8 Å². The van der Waals surface area contributed by atoms with E-state index in [0.29, 0.717) is 13.2 Å². The Morgan fingerprint density at radius 2 is 1.62 bits per heavy atom. The van der Waals surface area contributed by atoms with Gasteiger partial charge in [0.2, 0.25) is 11.6 Å². The van der Waals surface area contributed by atoms with Crippen LogP contribution in [0.2, 0.25) is 0 Å². The van der Waals surface area contributed by atoms with Crippen LogP contribution in [0.25, 0.3) is 0 Å². The quantitative estimate of drug-likeness (QED) is 0.273. The monoisotopic (exact) mass is 476 g/mol. The first-order valence-corrected chi connectivity index (χ1v) is 11.3. The lowest BCUT2D eigenvalue weighted by atomic mass is 9.79. The second kappa shape index (κ2) is 11.6. The molecule has 0 radical (unpaired) electrons. The highest BCUT2D eigenvalue weighted by Crippen LogP contribution is 2.46. The van der Waals surface area contributed by atoms with Crippen LogP contribution in [0.3, 0.4) is 0 Å². The highest BCUT2D eigenvalue weighted by Gasteiger charge is 2.60. The first kappa shape index (κ1) is 26.5. The van der Waals surface area contributed by atoms with Gasteiger partial charge in [-0.05, 0) is 37.6 Å². The van der Waals surface area contributed by atoms with Gasteiger partial charge >= 0.3 is 0 Å². The molecular formula is C26H36O8. The lowest BCUT2D eigenvalue weighted by Crippen LogP contribution is -2.68. The first-order chi connectivity index (χ1) is 16.3. The molecule has 0 unspecified atom stereocenters. The van der Waals surface area contributed by atoms with Crippen molar-refractivity contribution in [2.75, 3.05) is 35.0 Å². The third kappa shape index (κ3) is 5.43. The van der Waals surface area contributed by atoms with Gasteiger partial charge in [0.05, 0.1) is 38.6 Å². The molecule has 1 heterocycles. The van der Waals surface area contributed by atoms with Crippen molar-refractivity contribution < 1.29 is 38.0 Å². The van der Waals surface area contributed by atoms with Crippen molar-refractivity contribution >= 4 is 6.29 Å². The zero-order valence-corrected chi connectivity index (χ0v) is 20.8. The zero-order valence-electron chi connectivity index (χ0n) is 20.8. The maximum atomic E-state index is 11.1. The summed E-state index contributed by atoms with van der Waals surface area (Å²) in [6.07, 6.45) is 6.78. The molecule has 8 nitrogen and oxygen atoms in total. The molecule has 7 atom stereocenters. The minimum atomic E-state index is -1.17. The van der Waals surface area contributed by atoms with E-state index in [1.54, 1.807) is 48.4 Å². The fourth-order valence-electron chi connectivity index (χ4n) is 4.46. The Morgan fingerprint density at radius 1 is 0.971 bits per heavy atom. The Balaban J connectivity index is 1.90. The SMILES string of the molecule is COC[C@@H]1C=C[C@@H]([C@H](/C=C\C=O)OCc2ccc(OC)cc2)[C@H]2O[C@](C)(OC)[C@@](C)(OC)O[C@@H]21. The minimum absolute atomic E-state index is 0.0561. The summed E-state index contributed by atoms with van der Waals surface area (Å²) in [5, 5.41) is 0. The summed E-state index contributed by atoms with van der Waals surface area (Å²) in [5.41, 5.74) is 0.980. The number of fused-ring (bicyclic) bond motifs is 1. The topological polar surface area (TPSA) is 81.7 Å². The number of rotatable bonds is 11. The Bertz CT molecular complexity index is 853. The number of ether oxygens (including phenoxy) is 7. The van der Waals surface area contributed by atoms with E-state index in [1.165, 1.54) is 6.08 Å². The van der Waals surface area contributed by atoms with Crippen molar-refractivity contribution in [2.24, 2.45) is 11.8 Å². The predicted octanol–water partition coefficient (Wildman–Crippen LogP) is 3.29. The molecule has 1 aromatic carbocycles. The van der Waals surface area contributed by atoms with Crippen molar-refractivity contribution in [1.29, 1.82) is 0 Å². The fraction of sp³-hybridized carbons (Fsp3) is 0.577. The molecule has 1 aliphatic heterocycles. The van der Waals surface area contributed by atoms with Crippen LogP contribution in [0.1, 0.15) is 19.4 Å². The summed E-state index contributed by atoms with van der Waals surface area (Å²) in [4.78, 5) is 11.1. The van der Waals surface area contributed by atoms with Crippen LogP contribution >= 0.6 is 0 Å². The number of carbonyl (C=O) groups is 1. The lowest BCUT2D eigenvalue weighted by molar-refractivity contribution is -0.457. The molecule has 1 aliphatic carbocycles. The van der Waals surface area contributed by atoms with Crippen LogP contribution in [0.5, 0.6) is 5.75 Å². The van der Waals surface area contributed by atoms with Gasteiger partial charge in [0.15, 0.2) is 0 Å². The summed E-state index contributed by atoms with van der Waals surface area (Å²) in [6, 6.07) is 7.66. The molecule has 0 amide bonds. The van der Waals surface area contributed by atoms with Gasteiger partial charge in [-0.3, -0.25) is 4.79 Å². The summed E-state index contributed by atoms with van der Waals surface area (Å²) < 4.78 is 41.5. The summed E-state index contributed by atoms with van der Waals surface area (Å²) in [6.45, 7) is 4.40. The van der Waals surface area contributed by atoms with Gasteiger partial charge in [-0.1, -0.05) is 30.4 Å². The number of allylic oxidation sites excluding steroid dienone is 1. The minimum Gasteiger partial charge on any atom is -0.497 e. The molecule has 34 heavy (non-hydrogen) atoms. The average Bonchev–Trinajstić information content (AvgIpc) is 2.86. The number of benzene rings is 1. The van der Waals surface area contributed by atoms with Crippen LogP contribution in [-0.2, 0) is 39.8 Å². The Kier molecular flexibility index (Phi) is 9.03. The largest absolute Gasteiger partial charge is 0.497 e. The van der Waals surface area contributed by atoms with Gasteiger partial charge in [0, 0.05) is 33.2 Å². The van der Waals surface area contributed by atoms with Crippen LogP contribution in [0.4, 0.5) is 0 Å². The van der Waals surface area contributed by atoms with Gasteiger partial charge in [-0.2, -0.15) is 0 Å². The molecule has 1 aromatic rings. The average molecular weight is 477 g/mol. The van der Waals surface area contributed by atoms with Crippen molar-refractivity contribution in [3.05, 3.63) is 54.1 Å². The van der Waals surface area contributed by atoms with Gasteiger partial charge < -0.3 is 33.2 Å². The van der Waals surface area contributed by atoms with Crippen molar-refractivity contribution in [1.82, 2.24) is 0 Å². The summed E-state index contributed by atoms with van der Waals surface area (Å²) >= 11 is 0. The van der Waals surface area contributed by atoms with E-state index in [4.69, 9.17) is 33.2 Å². The van der Waals surface area contributed by atoms with Crippen molar-refractivity contribution in [2.45, 2.75) is 50.3 Å². The second-order valence-electron chi connectivity index (χ2n) is 8.69. The van der Waals surface area contributed by atoms with Gasteiger partial charge in [-0.25, -0.2) is 0 Å². The van der Waals surface area contributed by atoms with E-state index in [0.717, 1.165) is 17.6 Å². The van der Waals surface area contributed by atoms with E-state index in [-0.39, 0.29) is 17.9 Å². The summed E-state index contributed by atoms with van der Waals surface area (Å²) in [5.74, 6) is -1.83. The molecule has 8 heteroatoms. The van der Waals surface area contributed by atoms with Crippen molar-refractivity contribution in [3.63, 3.8) is 0 Å². The number of methoxy groups -OCH3 is 4. The normalized spacial score (nSPS) is 34.1. The number of hydrogen-bond donors (Lipinski definition) is 0. The predicted molar refractivity (Wildman–Crippen MR) is 125 cm³/mol. The smallest absolute Gasteiger partial charge is 0.220 e. The molecule has 0 aromatic heterocycles. The molecule has 0 spiro atoms. The first-order valence-electron chi connectivity index (χ1n) is 11.3. The molecule has 0 bridgehead atoms. The van der Waals surface area contributed by atoms with Crippen LogP contribution in [0, 0.1) is 11.8 Å². The van der Waals surface area contributed by atoms with Crippen molar-refractivity contribution in [3.8, 4) is 5.75 Å². The second-order valence-corrected chi connectivity index (χ2v) is 8.69. The maximum Gasteiger partial charge on any atom is 0.220 e. The number of aldehydes is 1. The van der Waals surface area contributed by atoms with Crippen LogP contribution in [0.15, 0.2) is 48.6 Å². The Hall–Kier alpha value is -2.07. The molecule has 188 valence electrons. The van der Waals surface area contributed by atoms with E-state index >= 15 is 0 Å². The molecule has 0 N–H and O–H groups in total. The van der Waals surface area contributed by atoms with Gasteiger partial charge in [-0.15, -0.1) is 0 Å². The highest BCUT2D eigenvalue weighted by atomic mass is 16.8. The summed E-state index contributed by atoms with van der Waals surface area (Å²) in [7, 11) is 6.41. The van der Waals surface area contributed by atoms with Gasteiger partial charge in [0.1, 0.15) is 12.0 Å². The Labute approximate surface area is 201 Å². The van der Waals surface area contributed by atoms with E-state index in [9.17, 15) is 4.79 Å². The fourth-order valence-corrected chi connectivity index (χ4v) is 4.46. The number of hydrogen-bond acceptors (Lipinski definition) is 8. The Morgan fingerprint density at radius 3 is 2.18 bits per heavy atom. The number of carbonyl (C=O) groups excluding carboxylic acids is 1. The molecular weight excluding hydrogens is 440 g/mol. The van der Waals surface area contributed by atoms with E-state index in [2.05, 4.69) is 6.08 Å². The molecule has 0 saturated carbocycles. The van der Waals surface area contributed by atoms with Crippen LogP contribution < -0.4 is 4.74 Å². The maximum absolute atomic E-state index is 11.1. The third-order valence-corrected chi connectivity index (χ3v) is 6.75. The molecule has 2 aliphatic rings.